The summed E-state index contributed by atoms with van der Waals surface area (Å²) >= 11 is 3.84. The van der Waals surface area contributed by atoms with Crippen LogP contribution in [0, 0.1) is 0 Å². The van der Waals surface area contributed by atoms with Gasteiger partial charge in [-0.3, -0.25) is 0 Å². The summed E-state index contributed by atoms with van der Waals surface area (Å²) < 4.78 is 5.98. The molecule has 18 heavy (non-hydrogen) atoms. The maximum Gasteiger partial charge on any atom is 0.0745 e. The van der Waals surface area contributed by atoms with Crippen LogP contribution in [0.15, 0.2) is 42.5 Å². The standard InChI is InChI=1S/C16H17BrO/c1-11-9-10-15(18-11)16(17)14-8-4-6-12-5-2-3-7-13(12)14/h2-8,11,15-16H,9-10H2,1H3. The Kier molecular flexibility index (Phi) is 3.40. The van der Waals surface area contributed by atoms with Crippen LogP contribution in [0.1, 0.15) is 30.2 Å². The molecule has 0 amide bonds. The Bertz CT molecular complexity index is 546. The summed E-state index contributed by atoms with van der Waals surface area (Å²) in [5.74, 6) is 0. The van der Waals surface area contributed by atoms with Gasteiger partial charge in [-0.15, -0.1) is 0 Å². The molecule has 0 radical (unpaired) electrons. The van der Waals surface area contributed by atoms with E-state index in [-0.39, 0.29) is 4.83 Å². The topological polar surface area (TPSA) is 9.23 Å². The van der Waals surface area contributed by atoms with Crippen molar-refractivity contribution in [2.75, 3.05) is 0 Å². The zero-order valence-corrected chi connectivity index (χ0v) is 12.1. The lowest BCUT2D eigenvalue weighted by Gasteiger charge is -2.20. The quantitative estimate of drug-likeness (QED) is 0.721. The Labute approximate surface area is 116 Å². The lowest BCUT2D eigenvalue weighted by Crippen LogP contribution is -2.14. The maximum atomic E-state index is 5.98. The first-order chi connectivity index (χ1) is 8.75. The molecule has 0 bridgehead atoms. The Balaban J connectivity index is 1.98. The van der Waals surface area contributed by atoms with Crippen molar-refractivity contribution in [1.82, 2.24) is 0 Å². The molecule has 1 aliphatic heterocycles. The molecule has 94 valence electrons. The van der Waals surface area contributed by atoms with Gasteiger partial charge in [0, 0.05) is 0 Å². The lowest BCUT2D eigenvalue weighted by atomic mass is 9.98. The molecule has 3 atom stereocenters. The number of ether oxygens (including phenoxy) is 1. The van der Waals surface area contributed by atoms with Crippen LogP contribution in [-0.4, -0.2) is 12.2 Å². The average Bonchev–Trinajstić information content (AvgIpc) is 2.84. The molecule has 0 N–H and O–H groups in total. The SMILES string of the molecule is CC1CCC(C(Br)c2cccc3ccccc23)O1. The normalized spacial score (nSPS) is 25.4. The van der Waals surface area contributed by atoms with Gasteiger partial charge >= 0.3 is 0 Å². The maximum absolute atomic E-state index is 5.98. The minimum absolute atomic E-state index is 0.286. The van der Waals surface area contributed by atoms with E-state index in [2.05, 4.69) is 65.3 Å². The van der Waals surface area contributed by atoms with Crippen molar-refractivity contribution in [3.8, 4) is 0 Å². The fourth-order valence-corrected chi connectivity index (χ4v) is 3.53. The van der Waals surface area contributed by atoms with E-state index in [1.807, 2.05) is 0 Å². The number of benzene rings is 2. The Morgan fingerprint density at radius 3 is 2.67 bits per heavy atom. The molecular weight excluding hydrogens is 288 g/mol. The smallest absolute Gasteiger partial charge is 0.0745 e. The van der Waals surface area contributed by atoms with Gasteiger partial charge < -0.3 is 4.74 Å². The third kappa shape index (κ3) is 2.19. The van der Waals surface area contributed by atoms with E-state index in [4.69, 9.17) is 4.74 Å². The highest BCUT2D eigenvalue weighted by atomic mass is 79.9. The van der Waals surface area contributed by atoms with Gasteiger partial charge in [0.1, 0.15) is 0 Å². The number of hydrogen-bond acceptors (Lipinski definition) is 1. The molecule has 1 nitrogen and oxygen atoms in total. The van der Waals surface area contributed by atoms with Crippen molar-refractivity contribution in [3.05, 3.63) is 48.0 Å². The zero-order chi connectivity index (χ0) is 12.5. The Morgan fingerprint density at radius 1 is 1.11 bits per heavy atom. The second-order valence-electron chi connectivity index (χ2n) is 5.03. The highest BCUT2D eigenvalue weighted by molar-refractivity contribution is 9.09. The molecule has 1 saturated heterocycles. The fourth-order valence-electron chi connectivity index (χ4n) is 2.74. The first-order valence-electron chi connectivity index (χ1n) is 6.53. The van der Waals surface area contributed by atoms with Gasteiger partial charge in [0.05, 0.1) is 17.0 Å². The molecule has 3 unspecified atom stereocenters. The van der Waals surface area contributed by atoms with Gasteiger partial charge in [-0.2, -0.15) is 0 Å². The molecule has 1 aliphatic rings. The molecule has 1 heterocycles. The van der Waals surface area contributed by atoms with Gasteiger partial charge in [0.25, 0.3) is 0 Å². The number of alkyl halides is 1. The summed E-state index contributed by atoms with van der Waals surface area (Å²) in [5, 5.41) is 2.62. The van der Waals surface area contributed by atoms with Crippen LogP contribution in [0.2, 0.25) is 0 Å². The van der Waals surface area contributed by atoms with Gasteiger partial charge in [-0.25, -0.2) is 0 Å². The summed E-state index contributed by atoms with van der Waals surface area (Å²) in [6, 6.07) is 15.0. The first-order valence-corrected chi connectivity index (χ1v) is 7.44. The number of halogens is 1. The minimum atomic E-state index is 0.286. The Morgan fingerprint density at radius 2 is 1.89 bits per heavy atom. The van der Waals surface area contributed by atoms with Crippen molar-refractivity contribution >= 4 is 26.7 Å². The van der Waals surface area contributed by atoms with Crippen molar-refractivity contribution in [2.45, 2.75) is 36.8 Å². The van der Waals surface area contributed by atoms with Gasteiger partial charge in [0.15, 0.2) is 0 Å². The van der Waals surface area contributed by atoms with Crippen LogP contribution in [0.3, 0.4) is 0 Å². The second kappa shape index (κ2) is 5.02. The van der Waals surface area contributed by atoms with Crippen molar-refractivity contribution < 1.29 is 4.74 Å². The third-order valence-corrected chi connectivity index (χ3v) is 4.79. The van der Waals surface area contributed by atoms with Crippen LogP contribution in [-0.2, 0) is 4.74 Å². The van der Waals surface area contributed by atoms with E-state index in [1.54, 1.807) is 0 Å². The summed E-state index contributed by atoms with van der Waals surface area (Å²) in [4.78, 5) is 0.286. The molecule has 0 saturated carbocycles. The highest BCUT2D eigenvalue weighted by Crippen LogP contribution is 2.38. The molecule has 3 rings (SSSR count). The summed E-state index contributed by atoms with van der Waals surface area (Å²) in [6.07, 6.45) is 2.99. The van der Waals surface area contributed by atoms with E-state index >= 15 is 0 Å². The average molecular weight is 305 g/mol. The molecular formula is C16H17BrO. The van der Waals surface area contributed by atoms with E-state index in [0.717, 1.165) is 12.8 Å². The van der Waals surface area contributed by atoms with E-state index in [0.29, 0.717) is 12.2 Å². The fraction of sp³-hybridized carbons (Fsp3) is 0.375. The molecule has 2 aromatic carbocycles. The van der Waals surface area contributed by atoms with E-state index < -0.39 is 0 Å². The molecule has 0 aliphatic carbocycles. The summed E-state index contributed by atoms with van der Waals surface area (Å²) in [6.45, 7) is 2.16. The van der Waals surface area contributed by atoms with Gasteiger partial charge in [-0.1, -0.05) is 58.4 Å². The second-order valence-corrected chi connectivity index (χ2v) is 6.02. The minimum Gasteiger partial charge on any atom is -0.374 e. The van der Waals surface area contributed by atoms with Crippen LogP contribution < -0.4 is 0 Å². The summed E-state index contributed by atoms with van der Waals surface area (Å²) in [5.41, 5.74) is 1.34. The summed E-state index contributed by atoms with van der Waals surface area (Å²) in [7, 11) is 0. The van der Waals surface area contributed by atoms with Gasteiger partial charge in [-0.05, 0) is 36.1 Å². The molecule has 2 heteroatoms. The predicted octanol–water partition coefficient (Wildman–Crippen LogP) is 4.84. The monoisotopic (exact) mass is 304 g/mol. The number of fused-ring (bicyclic) bond motifs is 1. The van der Waals surface area contributed by atoms with Crippen LogP contribution in [0.5, 0.6) is 0 Å². The van der Waals surface area contributed by atoms with Crippen molar-refractivity contribution in [2.24, 2.45) is 0 Å². The molecule has 1 fully saturated rings. The van der Waals surface area contributed by atoms with E-state index in [9.17, 15) is 0 Å². The predicted molar refractivity (Wildman–Crippen MR) is 79.2 cm³/mol. The van der Waals surface area contributed by atoms with Gasteiger partial charge in [0.2, 0.25) is 0 Å². The molecule has 0 spiro atoms. The highest BCUT2D eigenvalue weighted by Gasteiger charge is 2.29. The van der Waals surface area contributed by atoms with Crippen molar-refractivity contribution in [1.29, 1.82) is 0 Å². The number of hydrogen-bond donors (Lipinski definition) is 0. The zero-order valence-electron chi connectivity index (χ0n) is 10.5. The Hall–Kier alpha value is -0.860. The van der Waals surface area contributed by atoms with Crippen LogP contribution in [0.4, 0.5) is 0 Å². The van der Waals surface area contributed by atoms with Crippen LogP contribution in [0.25, 0.3) is 10.8 Å². The van der Waals surface area contributed by atoms with Crippen LogP contribution >= 0.6 is 15.9 Å². The largest absolute Gasteiger partial charge is 0.374 e. The molecule has 0 aromatic heterocycles. The lowest BCUT2D eigenvalue weighted by molar-refractivity contribution is 0.0558. The van der Waals surface area contributed by atoms with Crippen molar-refractivity contribution in [3.63, 3.8) is 0 Å². The first kappa shape index (κ1) is 12.2. The third-order valence-electron chi connectivity index (χ3n) is 3.71. The molecule has 2 aromatic rings. The van der Waals surface area contributed by atoms with E-state index in [1.165, 1.54) is 16.3 Å². The number of rotatable bonds is 2.